The van der Waals surface area contributed by atoms with E-state index in [0.29, 0.717) is 10.9 Å². The van der Waals surface area contributed by atoms with E-state index in [1.54, 1.807) is 6.20 Å². The molecule has 19 heavy (non-hydrogen) atoms. The number of hydrogen-bond donors (Lipinski definition) is 0. The molecule has 0 amide bonds. The van der Waals surface area contributed by atoms with E-state index in [0.717, 1.165) is 30.0 Å². The third-order valence-electron chi connectivity index (χ3n) is 2.96. The Morgan fingerprint density at radius 1 is 1.42 bits per heavy atom. The van der Waals surface area contributed by atoms with E-state index in [1.165, 1.54) is 0 Å². The lowest BCUT2D eigenvalue weighted by molar-refractivity contribution is 0.336. The van der Waals surface area contributed by atoms with E-state index in [9.17, 15) is 0 Å². The molecule has 2 rings (SSSR count). The lowest BCUT2D eigenvalue weighted by Crippen LogP contribution is -2.24. The third kappa shape index (κ3) is 3.19. The number of alkyl halides is 1. The van der Waals surface area contributed by atoms with Crippen molar-refractivity contribution in [2.24, 2.45) is 0 Å². The van der Waals surface area contributed by atoms with Gasteiger partial charge in [-0.2, -0.15) is 0 Å². The molecule has 6 heteroatoms. The summed E-state index contributed by atoms with van der Waals surface area (Å²) in [5, 5.41) is 0.606. The summed E-state index contributed by atoms with van der Waals surface area (Å²) >= 11 is 11.8. The maximum atomic E-state index is 5.98. The van der Waals surface area contributed by atoms with Crippen molar-refractivity contribution in [3.63, 3.8) is 0 Å². The number of nitrogens with zero attached hydrogens (tertiary/aromatic N) is 4. The lowest BCUT2D eigenvalue weighted by Gasteiger charge is -2.20. The van der Waals surface area contributed by atoms with Gasteiger partial charge in [0.25, 0.3) is 0 Å². The summed E-state index contributed by atoms with van der Waals surface area (Å²) in [6.45, 7) is 3.08. The van der Waals surface area contributed by atoms with Gasteiger partial charge in [0.15, 0.2) is 5.65 Å². The van der Waals surface area contributed by atoms with Gasteiger partial charge in [0.2, 0.25) is 0 Å². The molecule has 1 atom stereocenters. The molecule has 0 fully saturated rings. The van der Waals surface area contributed by atoms with E-state index in [-0.39, 0.29) is 6.04 Å². The highest BCUT2D eigenvalue weighted by Gasteiger charge is 2.17. The Bertz CT molecular complexity index is 565. The van der Waals surface area contributed by atoms with Crippen LogP contribution in [0.1, 0.15) is 18.8 Å². The van der Waals surface area contributed by atoms with Crippen molar-refractivity contribution in [2.75, 3.05) is 26.5 Å². The predicted octanol–water partition coefficient (Wildman–Crippen LogP) is 2.99. The van der Waals surface area contributed by atoms with Gasteiger partial charge in [0.05, 0.1) is 5.02 Å². The molecule has 0 N–H and O–H groups in total. The van der Waals surface area contributed by atoms with Crippen LogP contribution in [0.3, 0.4) is 0 Å². The number of hydrogen-bond acceptors (Lipinski definition) is 3. The normalized spacial score (nSPS) is 13.4. The fraction of sp³-hybridized carbons (Fsp3) is 0.538. The Labute approximate surface area is 123 Å². The van der Waals surface area contributed by atoms with E-state index in [4.69, 9.17) is 23.2 Å². The monoisotopic (exact) mass is 300 g/mol. The van der Waals surface area contributed by atoms with Gasteiger partial charge in [-0.3, -0.25) is 0 Å². The highest BCUT2D eigenvalue weighted by molar-refractivity contribution is 6.31. The second kappa shape index (κ2) is 6.07. The first-order chi connectivity index (χ1) is 9.02. The van der Waals surface area contributed by atoms with Gasteiger partial charge in [-0.25, -0.2) is 9.97 Å². The number of rotatable bonds is 5. The summed E-state index contributed by atoms with van der Waals surface area (Å²) in [5.74, 6) is 1.51. The fourth-order valence-electron chi connectivity index (χ4n) is 2.34. The molecular formula is C13H18Cl2N4. The van der Waals surface area contributed by atoms with Crippen molar-refractivity contribution in [3.8, 4) is 0 Å². The van der Waals surface area contributed by atoms with Crippen molar-refractivity contribution in [1.82, 2.24) is 19.4 Å². The zero-order chi connectivity index (χ0) is 14.0. The molecule has 0 aliphatic rings. The Hall–Kier alpha value is -0.840. The molecule has 2 heterocycles. The van der Waals surface area contributed by atoms with Crippen LogP contribution in [0, 0.1) is 0 Å². The first-order valence-corrected chi connectivity index (χ1v) is 7.17. The van der Waals surface area contributed by atoms with Gasteiger partial charge < -0.3 is 9.47 Å². The minimum atomic E-state index is 0.284. The van der Waals surface area contributed by atoms with Gasteiger partial charge in [-0.15, -0.1) is 11.6 Å². The lowest BCUT2D eigenvalue weighted by atomic mass is 10.3. The van der Waals surface area contributed by atoms with E-state index in [1.807, 2.05) is 6.07 Å². The molecule has 2 aromatic heterocycles. The standard InChI is InChI=1S/C13H18Cl2N4/c1-9(8-18(2)3)19-12(4-5-14)17-11-6-10(15)7-16-13(11)19/h6-7,9H,4-5,8H2,1-3H3. The molecule has 0 saturated heterocycles. The number of fused-ring (bicyclic) bond motifs is 1. The second-order valence-corrected chi connectivity index (χ2v) is 5.76. The number of aryl methyl sites for hydroxylation is 1. The van der Waals surface area contributed by atoms with E-state index >= 15 is 0 Å². The zero-order valence-corrected chi connectivity index (χ0v) is 12.9. The van der Waals surface area contributed by atoms with Crippen molar-refractivity contribution in [1.29, 1.82) is 0 Å². The SMILES string of the molecule is CC(CN(C)C)n1c(CCCl)nc2cc(Cl)cnc21. The number of pyridine rings is 1. The van der Waals surface area contributed by atoms with E-state index < -0.39 is 0 Å². The van der Waals surface area contributed by atoms with Crippen LogP contribution < -0.4 is 0 Å². The molecule has 0 bridgehead atoms. The Morgan fingerprint density at radius 3 is 2.79 bits per heavy atom. The van der Waals surface area contributed by atoms with Crippen LogP contribution in [-0.4, -0.2) is 46.0 Å². The average Bonchev–Trinajstić information content (AvgIpc) is 2.65. The summed E-state index contributed by atoms with van der Waals surface area (Å²) in [7, 11) is 4.11. The summed E-state index contributed by atoms with van der Waals surface area (Å²) in [4.78, 5) is 11.2. The number of likely N-dealkylation sites (N-methyl/N-ethyl adjacent to an activating group) is 1. The number of aromatic nitrogens is 3. The van der Waals surface area contributed by atoms with Crippen LogP contribution in [0.15, 0.2) is 12.3 Å². The molecular weight excluding hydrogens is 283 g/mol. The van der Waals surface area contributed by atoms with Gasteiger partial charge in [-0.05, 0) is 27.1 Å². The summed E-state index contributed by atoms with van der Waals surface area (Å²) in [6, 6.07) is 2.13. The van der Waals surface area contributed by atoms with Crippen molar-refractivity contribution >= 4 is 34.4 Å². The highest BCUT2D eigenvalue weighted by Crippen LogP contribution is 2.22. The quantitative estimate of drug-likeness (QED) is 0.796. The minimum Gasteiger partial charge on any atom is -0.309 e. The first-order valence-electron chi connectivity index (χ1n) is 6.26. The van der Waals surface area contributed by atoms with Crippen molar-refractivity contribution in [2.45, 2.75) is 19.4 Å². The minimum absolute atomic E-state index is 0.284. The molecule has 0 aliphatic heterocycles. The van der Waals surface area contributed by atoms with Gasteiger partial charge in [0, 0.05) is 31.1 Å². The second-order valence-electron chi connectivity index (χ2n) is 4.94. The molecule has 1 unspecified atom stereocenters. The third-order valence-corrected chi connectivity index (χ3v) is 3.35. The maximum absolute atomic E-state index is 5.98. The van der Waals surface area contributed by atoms with Crippen LogP contribution in [0.25, 0.3) is 11.2 Å². The fourth-order valence-corrected chi connectivity index (χ4v) is 2.66. The first kappa shape index (κ1) is 14.6. The molecule has 4 nitrogen and oxygen atoms in total. The molecule has 0 aliphatic carbocycles. The Morgan fingerprint density at radius 2 is 2.16 bits per heavy atom. The van der Waals surface area contributed by atoms with Crippen LogP contribution in [0.4, 0.5) is 0 Å². The summed E-state index contributed by atoms with van der Waals surface area (Å²) in [5.41, 5.74) is 1.71. The van der Waals surface area contributed by atoms with Crippen molar-refractivity contribution < 1.29 is 0 Å². The van der Waals surface area contributed by atoms with Gasteiger partial charge in [0.1, 0.15) is 11.3 Å². The van der Waals surface area contributed by atoms with Crippen LogP contribution in [-0.2, 0) is 6.42 Å². The Kier molecular flexibility index (Phi) is 4.66. The predicted molar refractivity (Wildman–Crippen MR) is 80.2 cm³/mol. The van der Waals surface area contributed by atoms with Crippen molar-refractivity contribution in [3.05, 3.63) is 23.1 Å². The topological polar surface area (TPSA) is 34.0 Å². The van der Waals surface area contributed by atoms with Crippen LogP contribution in [0.5, 0.6) is 0 Å². The molecule has 0 spiro atoms. The molecule has 0 aromatic carbocycles. The molecule has 0 saturated carbocycles. The smallest absolute Gasteiger partial charge is 0.160 e. The number of imidazole rings is 1. The zero-order valence-electron chi connectivity index (χ0n) is 11.4. The average molecular weight is 301 g/mol. The largest absolute Gasteiger partial charge is 0.309 e. The Balaban J connectivity index is 2.51. The van der Waals surface area contributed by atoms with Crippen LogP contribution >= 0.6 is 23.2 Å². The van der Waals surface area contributed by atoms with E-state index in [2.05, 4.69) is 40.5 Å². The highest BCUT2D eigenvalue weighted by atomic mass is 35.5. The molecule has 0 radical (unpaired) electrons. The summed E-state index contributed by atoms with van der Waals surface area (Å²) in [6.07, 6.45) is 2.39. The van der Waals surface area contributed by atoms with Gasteiger partial charge in [-0.1, -0.05) is 11.6 Å². The van der Waals surface area contributed by atoms with Crippen LogP contribution in [0.2, 0.25) is 5.02 Å². The number of halogens is 2. The maximum Gasteiger partial charge on any atom is 0.160 e. The molecule has 2 aromatic rings. The van der Waals surface area contributed by atoms with Gasteiger partial charge >= 0.3 is 0 Å². The molecule has 104 valence electrons. The summed E-state index contributed by atoms with van der Waals surface area (Å²) < 4.78 is 2.16.